The molecule has 1 aromatic rings. The van der Waals surface area contributed by atoms with Gasteiger partial charge in [0, 0.05) is 37.3 Å². The molecule has 190 valence electrons. The first-order valence-electron chi connectivity index (χ1n) is 14.5. The minimum Gasteiger partial charge on any atom is -0.390 e. The monoisotopic (exact) mass is 478 g/mol. The van der Waals surface area contributed by atoms with Crippen LogP contribution in [0.2, 0.25) is 0 Å². The number of para-hydroxylation sites is 1. The SMILES string of the molecule is O=C(CC1C2CC3CC1CC(O)(C3)C2)N1[C@@H]2CC[C@H]1CC(OC1CCN(c3ccccc3)CC1)C2. The van der Waals surface area contributed by atoms with Gasteiger partial charge in [0.05, 0.1) is 17.8 Å². The van der Waals surface area contributed by atoms with E-state index in [4.69, 9.17) is 4.74 Å². The van der Waals surface area contributed by atoms with E-state index in [2.05, 4.69) is 40.1 Å². The zero-order valence-corrected chi connectivity index (χ0v) is 21.1. The highest BCUT2D eigenvalue weighted by atomic mass is 16.5. The predicted octanol–water partition coefficient (Wildman–Crippen LogP) is 4.77. The van der Waals surface area contributed by atoms with Crippen molar-refractivity contribution in [2.45, 2.75) is 107 Å². The predicted molar refractivity (Wildman–Crippen MR) is 136 cm³/mol. The number of benzene rings is 1. The van der Waals surface area contributed by atoms with Crippen LogP contribution in [-0.4, -0.2) is 58.9 Å². The molecule has 3 unspecified atom stereocenters. The van der Waals surface area contributed by atoms with Gasteiger partial charge in [-0.05, 0) is 106 Å². The summed E-state index contributed by atoms with van der Waals surface area (Å²) in [7, 11) is 0. The minimum absolute atomic E-state index is 0.320. The Labute approximate surface area is 210 Å². The number of hydrogen-bond acceptors (Lipinski definition) is 4. The molecule has 7 aliphatic rings. The number of fused-ring (bicyclic) bond motifs is 2. The van der Waals surface area contributed by atoms with Crippen molar-refractivity contribution in [1.82, 2.24) is 4.90 Å². The van der Waals surface area contributed by atoms with Crippen LogP contribution in [0.4, 0.5) is 5.69 Å². The Hall–Kier alpha value is -1.59. The van der Waals surface area contributed by atoms with Crippen LogP contribution in [0.1, 0.15) is 77.0 Å². The third-order valence-electron chi connectivity index (χ3n) is 10.8. The molecule has 5 nitrogen and oxygen atoms in total. The van der Waals surface area contributed by atoms with Gasteiger partial charge in [-0.2, -0.15) is 0 Å². The number of ether oxygens (including phenoxy) is 1. The quantitative estimate of drug-likeness (QED) is 0.662. The van der Waals surface area contributed by atoms with E-state index in [1.807, 2.05) is 0 Å². The van der Waals surface area contributed by atoms with Gasteiger partial charge < -0.3 is 19.6 Å². The summed E-state index contributed by atoms with van der Waals surface area (Å²) in [5, 5.41) is 10.9. The fourth-order valence-corrected chi connectivity index (χ4v) is 9.53. The van der Waals surface area contributed by atoms with Crippen LogP contribution in [0.3, 0.4) is 0 Å². The topological polar surface area (TPSA) is 53.0 Å². The first-order chi connectivity index (χ1) is 17.0. The largest absolute Gasteiger partial charge is 0.390 e. The molecule has 4 aliphatic carbocycles. The Morgan fingerprint density at radius 3 is 2.17 bits per heavy atom. The molecule has 3 heterocycles. The summed E-state index contributed by atoms with van der Waals surface area (Å²) >= 11 is 0. The van der Waals surface area contributed by atoms with Crippen molar-refractivity contribution < 1.29 is 14.6 Å². The molecule has 0 radical (unpaired) electrons. The normalized spacial score (nSPS) is 42.6. The number of anilines is 1. The van der Waals surface area contributed by atoms with Crippen molar-refractivity contribution in [2.75, 3.05) is 18.0 Å². The van der Waals surface area contributed by atoms with Crippen LogP contribution in [0.5, 0.6) is 0 Å². The summed E-state index contributed by atoms with van der Waals surface area (Å²) in [6.07, 6.45) is 13.4. The number of aliphatic hydroxyl groups is 1. The fourth-order valence-electron chi connectivity index (χ4n) is 9.53. The zero-order valence-electron chi connectivity index (χ0n) is 21.1. The summed E-state index contributed by atoms with van der Waals surface area (Å²) in [4.78, 5) is 18.4. The molecular formula is C30H42N2O3. The van der Waals surface area contributed by atoms with Gasteiger partial charge in [0.1, 0.15) is 0 Å². The van der Waals surface area contributed by atoms with Gasteiger partial charge >= 0.3 is 0 Å². The van der Waals surface area contributed by atoms with E-state index in [-0.39, 0.29) is 0 Å². The Bertz CT molecular complexity index is 899. The highest BCUT2D eigenvalue weighted by Crippen LogP contribution is 2.59. The Kier molecular flexibility index (Phi) is 5.66. The molecule has 0 aromatic heterocycles. The Morgan fingerprint density at radius 2 is 1.54 bits per heavy atom. The smallest absolute Gasteiger partial charge is 0.223 e. The average molecular weight is 479 g/mol. The highest BCUT2D eigenvalue weighted by Gasteiger charge is 2.55. The number of hydrogen-bond donors (Lipinski definition) is 1. The first-order valence-corrected chi connectivity index (χ1v) is 14.5. The third-order valence-corrected chi connectivity index (χ3v) is 10.8. The summed E-state index contributed by atoms with van der Waals surface area (Å²) in [6.45, 7) is 2.14. The highest BCUT2D eigenvalue weighted by molar-refractivity contribution is 5.78. The van der Waals surface area contributed by atoms with Crippen LogP contribution >= 0.6 is 0 Å². The maximum Gasteiger partial charge on any atom is 0.223 e. The van der Waals surface area contributed by atoms with Gasteiger partial charge in [0.2, 0.25) is 5.91 Å². The van der Waals surface area contributed by atoms with Crippen molar-refractivity contribution in [3.63, 3.8) is 0 Å². The van der Waals surface area contributed by atoms with Crippen molar-refractivity contribution in [3.8, 4) is 0 Å². The maximum absolute atomic E-state index is 13.6. The summed E-state index contributed by atoms with van der Waals surface area (Å²) in [5.74, 6) is 2.80. The number of piperidine rings is 2. The van der Waals surface area contributed by atoms with Crippen LogP contribution in [0.25, 0.3) is 0 Å². The second-order valence-corrected chi connectivity index (χ2v) is 13.0. The van der Waals surface area contributed by atoms with Crippen molar-refractivity contribution in [3.05, 3.63) is 30.3 Å². The molecule has 0 spiro atoms. The summed E-state index contributed by atoms with van der Waals surface area (Å²) in [5.41, 5.74) is 0.922. The van der Waals surface area contributed by atoms with E-state index < -0.39 is 5.60 Å². The molecule has 35 heavy (non-hydrogen) atoms. The molecule has 8 rings (SSSR count). The number of amides is 1. The zero-order chi connectivity index (χ0) is 23.6. The molecule has 3 aliphatic heterocycles. The lowest BCUT2D eigenvalue weighted by Crippen LogP contribution is -2.56. The number of carbonyl (C=O) groups is 1. The second-order valence-electron chi connectivity index (χ2n) is 13.0. The van der Waals surface area contributed by atoms with Crippen LogP contribution in [0, 0.1) is 23.7 Å². The second kappa shape index (κ2) is 8.76. The number of nitrogens with zero attached hydrogens (tertiary/aromatic N) is 2. The lowest BCUT2D eigenvalue weighted by atomic mass is 9.49. The first kappa shape index (κ1) is 22.6. The van der Waals surface area contributed by atoms with Crippen LogP contribution in [0.15, 0.2) is 30.3 Å². The number of carbonyl (C=O) groups excluding carboxylic acids is 1. The Balaban J connectivity index is 0.928. The van der Waals surface area contributed by atoms with E-state index in [0.717, 1.165) is 77.3 Å². The lowest BCUT2D eigenvalue weighted by Gasteiger charge is -2.58. The van der Waals surface area contributed by atoms with Crippen molar-refractivity contribution in [2.24, 2.45) is 23.7 Å². The van der Waals surface area contributed by atoms with Gasteiger partial charge in [-0.25, -0.2) is 0 Å². The molecule has 5 atom stereocenters. The molecular weight excluding hydrogens is 436 g/mol. The molecule has 1 amide bonds. The van der Waals surface area contributed by atoms with Crippen molar-refractivity contribution in [1.29, 1.82) is 0 Å². The van der Waals surface area contributed by atoms with Crippen LogP contribution < -0.4 is 4.90 Å². The lowest BCUT2D eigenvalue weighted by molar-refractivity contribution is -0.163. The van der Waals surface area contributed by atoms with Gasteiger partial charge in [-0.3, -0.25) is 4.79 Å². The van der Waals surface area contributed by atoms with Gasteiger partial charge in [0.15, 0.2) is 0 Å². The molecule has 7 fully saturated rings. The molecule has 3 saturated heterocycles. The third kappa shape index (κ3) is 4.21. The van der Waals surface area contributed by atoms with E-state index >= 15 is 0 Å². The number of rotatable bonds is 5. The molecule has 6 bridgehead atoms. The van der Waals surface area contributed by atoms with Gasteiger partial charge in [-0.1, -0.05) is 18.2 Å². The van der Waals surface area contributed by atoms with Gasteiger partial charge in [0.25, 0.3) is 0 Å². The van der Waals surface area contributed by atoms with E-state index in [9.17, 15) is 9.90 Å². The average Bonchev–Trinajstić information content (AvgIpc) is 3.12. The molecule has 1 N–H and O–H groups in total. The molecule has 4 saturated carbocycles. The van der Waals surface area contributed by atoms with E-state index in [1.54, 1.807) is 0 Å². The van der Waals surface area contributed by atoms with E-state index in [0.29, 0.717) is 53.9 Å². The van der Waals surface area contributed by atoms with Crippen molar-refractivity contribution >= 4 is 11.6 Å². The molecule has 1 aromatic carbocycles. The fraction of sp³-hybridized carbons (Fsp3) is 0.767. The molecule has 5 heteroatoms. The summed E-state index contributed by atoms with van der Waals surface area (Å²) < 4.78 is 6.67. The standard InChI is InChI=1S/C30H42N2O3/c33-29(16-28-21-12-20-13-22(28)19-30(34,17-20)18-21)32-24-6-7-25(32)15-27(14-24)35-26-8-10-31(11-9-26)23-4-2-1-3-5-23/h1-5,20-22,24-28,34H,6-19H2/t20?,21?,22?,24-,25+,27?,28?,30?. The maximum atomic E-state index is 13.6. The Morgan fingerprint density at radius 1 is 0.886 bits per heavy atom. The minimum atomic E-state index is -0.401. The van der Waals surface area contributed by atoms with Gasteiger partial charge in [-0.15, -0.1) is 0 Å². The van der Waals surface area contributed by atoms with E-state index in [1.165, 1.54) is 18.5 Å². The summed E-state index contributed by atoms with van der Waals surface area (Å²) in [6, 6.07) is 11.5. The van der Waals surface area contributed by atoms with Crippen LogP contribution in [-0.2, 0) is 9.53 Å².